The van der Waals surface area contributed by atoms with Gasteiger partial charge in [0.2, 0.25) is 5.91 Å². The molecule has 0 bridgehead atoms. The Kier molecular flexibility index (Phi) is 9.20. The van der Waals surface area contributed by atoms with Crippen LogP contribution < -0.4 is 10.6 Å². The molecule has 1 aromatic carbocycles. The molecular formula is C32H39FN8O2. The number of carbonyl (C=O) groups excluding carboxylic acids is 1. The number of aromatic nitrogens is 4. The number of piperidine rings is 1. The SMILES string of the molecule is C=CC(=O)NC1=C(N2CCC(N(CC)CC)CC2)C=C(OC)CC(Nc2cc(-c3cc4cnn(C)c4cc3F)ncn2)=C1. The maximum absolute atomic E-state index is 15.1. The summed E-state index contributed by atoms with van der Waals surface area (Å²) in [5.41, 5.74) is 3.76. The van der Waals surface area contributed by atoms with Crippen LogP contribution in [0.1, 0.15) is 33.1 Å². The lowest BCUT2D eigenvalue weighted by molar-refractivity contribution is -0.115. The van der Waals surface area contributed by atoms with Gasteiger partial charge in [-0.2, -0.15) is 5.10 Å². The number of aryl methyl sites for hydroxylation is 1. The lowest BCUT2D eigenvalue weighted by atomic mass is 10.0. The van der Waals surface area contributed by atoms with E-state index in [0.717, 1.165) is 61.6 Å². The van der Waals surface area contributed by atoms with Crippen LogP contribution in [0.4, 0.5) is 10.2 Å². The van der Waals surface area contributed by atoms with Gasteiger partial charge in [0.15, 0.2) is 0 Å². The number of rotatable bonds is 10. The maximum Gasteiger partial charge on any atom is 0.247 e. The molecule has 2 aliphatic rings. The zero-order valence-electron chi connectivity index (χ0n) is 25.2. The Morgan fingerprint density at radius 1 is 1.19 bits per heavy atom. The van der Waals surface area contributed by atoms with Crippen molar-refractivity contribution in [3.05, 3.63) is 84.2 Å². The molecule has 0 unspecified atom stereocenters. The van der Waals surface area contributed by atoms with Crippen molar-refractivity contribution in [2.24, 2.45) is 7.05 Å². The van der Waals surface area contributed by atoms with Crippen LogP contribution in [-0.4, -0.2) is 74.8 Å². The minimum atomic E-state index is -0.397. The molecule has 0 saturated carbocycles. The van der Waals surface area contributed by atoms with Crippen LogP contribution in [0.15, 0.2) is 78.4 Å². The van der Waals surface area contributed by atoms with Crippen molar-refractivity contribution >= 4 is 22.6 Å². The molecular weight excluding hydrogens is 547 g/mol. The van der Waals surface area contributed by atoms with Gasteiger partial charge in [-0.15, -0.1) is 0 Å². The number of amides is 1. The van der Waals surface area contributed by atoms with E-state index in [1.54, 1.807) is 37.2 Å². The molecule has 1 amide bonds. The van der Waals surface area contributed by atoms with Gasteiger partial charge in [0, 0.05) is 67.5 Å². The number of fused-ring (bicyclic) bond motifs is 1. The van der Waals surface area contributed by atoms with Crippen LogP contribution in [-0.2, 0) is 16.6 Å². The molecule has 10 nitrogen and oxygen atoms in total. The molecule has 2 N–H and O–H groups in total. The normalized spacial score (nSPS) is 16.2. The molecule has 0 radical (unpaired) electrons. The molecule has 226 valence electrons. The van der Waals surface area contributed by atoms with Crippen LogP contribution >= 0.6 is 0 Å². The summed E-state index contributed by atoms with van der Waals surface area (Å²) in [4.78, 5) is 26.1. The zero-order valence-corrected chi connectivity index (χ0v) is 25.2. The Bertz CT molecular complexity index is 1600. The third kappa shape index (κ3) is 6.61. The summed E-state index contributed by atoms with van der Waals surface area (Å²) in [6.45, 7) is 11.8. The van der Waals surface area contributed by atoms with E-state index in [0.29, 0.717) is 40.8 Å². The average molecular weight is 587 g/mol. The van der Waals surface area contributed by atoms with Crippen molar-refractivity contribution in [3.63, 3.8) is 0 Å². The number of anilines is 1. The first-order valence-corrected chi connectivity index (χ1v) is 14.7. The van der Waals surface area contributed by atoms with Crippen LogP contribution in [0.25, 0.3) is 22.2 Å². The van der Waals surface area contributed by atoms with Crippen LogP contribution in [0, 0.1) is 5.82 Å². The summed E-state index contributed by atoms with van der Waals surface area (Å²) < 4.78 is 22.5. The van der Waals surface area contributed by atoms with E-state index in [1.807, 2.05) is 12.2 Å². The van der Waals surface area contributed by atoms with Crippen molar-refractivity contribution in [1.82, 2.24) is 34.9 Å². The molecule has 5 rings (SSSR count). The number of ether oxygens (including phenoxy) is 1. The van der Waals surface area contributed by atoms with Gasteiger partial charge < -0.3 is 25.2 Å². The largest absolute Gasteiger partial charge is 0.501 e. The first kappa shape index (κ1) is 30.0. The Labute approximate surface area is 251 Å². The first-order valence-electron chi connectivity index (χ1n) is 14.7. The fraction of sp³-hybridized carbons (Fsp3) is 0.375. The van der Waals surface area contributed by atoms with E-state index in [9.17, 15) is 4.79 Å². The second kappa shape index (κ2) is 13.2. The number of carbonyl (C=O) groups is 1. The molecule has 1 saturated heterocycles. The number of hydrogen-bond acceptors (Lipinski definition) is 8. The number of hydrogen-bond donors (Lipinski definition) is 2. The fourth-order valence-corrected chi connectivity index (χ4v) is 5.84. The predicted octanol–water partition coefficient (Wildman–Crippen LogP) is 4.72. The van der Waals surface area contributed by atoms with Gasteiger partial charge >= 0.3 is 0 Å². The summed E-state index contributed by atoms with van der Waals surface area (Å²) in [5, 5.41) is 11.4. The monoisotopic (exact) mass is 586 g/mol. The lowest BCUT2D eigenvalue weighted by Gasteiger charge is -2.39. The van der Waals surface area contributed by atoms with Crippen molar-refractivity contribution in [2.45, 2.75) is 39.2 Å². The summed E-state index contributed by atoms with van der Waals surface area (Å²) in [6, 6.07) is 5.44. The maximum atomic E-state index is 15.1. The summed E-state index contributed by atoms with van der Waals surface area (Å²) in [5.74, 6) is 0.506. The van der Waals surface area contributed by atoms with Gasteiger partial charge in [0.1, 0.15) is 23.7 Å². The van der Waals surface area contributed by atoms with E-state index >= 15 is 4.39 Å². The second-order valence-corrected chi connectivity index (χ2v) is 10.7. The summed E-state index contributed by atoms with van der Waals surface area (Å²) in [7, 11) is 3.42. The lowest BCUT2D eigenvalue weighted by Crippen LogP contribution is -2.44. The van der Waals surface area contributed by atoms with E-state index in [1.165, 1.54) is 18.5 Å². The molecule has 43 heavy (non-hydrogen) atoms. The number of nitrogens with one attached hydrogen (secondary N) is 2. The molecule has 3 heterocycles. The Morgan fingerprint density at radius 2 is 1.95 bits per heavy atom. The Balaban J connectivity index is 1.46. The Morgan fingerprint density at radius 3 is 2.65 bits per heavy atom. The number of nitrogens with zero attached hydrogens (tertiary/aromatic N) is 6. The highest BCUT2D eigenvalue weighted by Gasteiger charge is 2.26. The van der Waals surface area contributed by atoms with Gasteiger partial charge in [-0.05, 0) is 44.1 Å². The topological polar surface area (TPSA) is 100 Å². The van der Waals surface area contributed by atoms with Gasteiger partial charge in [-0.3, -0.25) is 9.48 Å². The molecule has 0 spiro atoms. The second-order valence-electron chi connectivity index (χ2n) is 10.7. The molecule has 11 heteroatoms. The van der Waals surface area contributed by atoms with Crippen molar-refractivity contribution < 1.29 is 13.9 Å². The fourth-order valence-electron chi connectivity index (χ4n) is 5.84. The molecule has 3 aromatic rings. The summed E-state index contributed by atoms with van der Waals surface area (Å²) >= 11 is 0. The third-order valence-electron chi connectivity index (χ3n) is 8.16. The highest BCUT2D eigenvalue weighted by molar-refractivity contribution is 5.89. The highest BCUT2D eigenvalue weighted by Crippen LogP contribution is 2.30. The number of likely N-dealkylation sites (tertiary alicyclic amines) is 1. The molecule has 1 fully saturated rings. The minimum absolute atomic E-state index is 0.305. The quantitative estimate of drug-likeness (QED) is 0.330. The predicted molar refractivity (Wildman–Crippen MR) is 166 cm³/mol. The van der Waals surface area contributed by atoms with Crippen LogP contribution in [0.2, 0.25) is 0 Å². The Hall–Kier alpha value is -4.51. The van der Waals surface area contributed by atoms with Crippen molar-refractivity contribution in [2.75, 3.05) is 38.6 Å². The number of halogens is 1. The van der Waals surface area contributed by atoms with Crippen molar-refractivity contribution in [1.29, 1.82) is 0 Å². The van der Waals surface area contributed by atoms with Gasteiger partial charge in [0.05, 0.1) is 35.9 Å². The van der Waals surface area contributed by atoms with Crippen LogP contribution in [0.5, 0.6) is 0 Å². The average Bonchev–Trinajstić information content (AvgIpc) is 3.28. The van der Waals surface area contributed by atoms with Crippen LogP contribution in [0.3, 0.4) is 0 Å². The van der Waals surface area contributed by atoms with E-state index in [-0.39, 0.29) is 5.91 Å². The molecule has 0 atom stereocenters. The van der Waals surface area contributed by atoms with E-state index in [2.05, 4.69) is 55.9 Å². The molecule has 1 aliphatic heterocycles. The molecule has 2 aromatic heterocycles. The molecule has 1 aliphatic carbocycles. The van der Waals surface area contributed by atoms with E-state index < -0.39 is 5.82 Å². The number of methoxy groups -OCH3 is 1. The smallest absolute Gasteiger partial charge is 0.247 e. The van der Waals surface area contributed by atoms with Gasteiger partial charge in [-0.1, -0.05) is 20.4 Å². The standard InChI is InChI=1S/C32H39FN8O2/c1-6-32(42)38-28-15-22(14-24(43-5)16-30(28)41-11-9-23(10-12-41)40(7-2)8-3)37-31-18-27(34-20-35-31)25-13-21-19-36-39(4)29(21)17-26(25)33/h6,13,15-20,23H,1,7-12,14H2,2-5H3,(H,38,42)(H,34,35,37). The summed E-state index contributed by atoms with van der Waals surface area (Å²) in [6.07, 6.45) is 10.7. The number of allylic oxidation sites excluding steroid dienone is 2. The van der Waals surface area contributed by atoms with Gasteiger partial charge in [0.25, 0.3) is 0 Å². The first-order chi connectivity index (χ1) is 20.8. The third-order valence-corrected chi connectivity index (χ3v) is 8.16. The van der Waals surface area contributed by atoms with E-state index in [4.69, 9.17) is 4.74 Å². The van der Waals surface area contributed by atoms with Crippen molar-refractivity contribution in [3.8, 4) is 11.3 Å². The highest BCUT2D eigenvalue weighted by atomic mass is 19.1. The number of benzene rings is 1. The zero-order chi connectivity index (χ0) is 30.5. The van der Waals surface area contributed by atoms with Gasteiger partial charge in [-0.25, -0.2) is 14.4 Å². The minimum Gasteiger partial charge on any atom is -0.501 e.